The fourth-order valence-electron chi connectivity index (χ4n) is 1.79. The Morgan fingerprint density at radius 3 is 2.70 bits per heavy atom. The van der Waals surface area contributed by atoms with E-state index >= 15 is 0 Å². The Hall–Kier alpha value is -2.96. The summed E-state index contributed by atoms with van der Waals surface area (Å²) in [7, 11) is 0. The molecule has 7 heteroatoms. The van der Waals surface area contributed by atoms with Crippen molar-refractivity contribution in [2.45, 2.75) is 6.54 Å². The van der Waals surface area contributed by atoms with Crippen molar-refractivity contribution >= 4 is 11.7 Å². The summed E-state index contributed by atoms with van der Waals surface area (Å²) < 4.78 is 1.17. The van der Waals surface area contributed by atoms with Gasteiger partial charge in [-0.1, -0.05) is 12.1 Å². The molecule has 0 aliphatic carbocycles. The summed E-state index contributed by atoms with van der Waals surface area (Å²) >= 11 is 0. The number of hydrogen-bond acceptors (Lipinski definition) is 4. The average Bonchev–Trinajstić information content (AvgIpc) is 2.41. The number of carbonyl (C=O) groups is 1. The van der Waals surface area contributed by atoms with Gasteiger partial charge in [-0.25, -0.2) is 4.79 Å². The molecule has 0 bridgehead atoms. The number of rotatable bonds is 4. The first kappa shape index (κ1) is 13.5. The van der Waals surface area contributed by atoms with Gasteiger partial charge in [0.15, 0.2) is 0 Å². The third-order valence-corrected chi connectivity index (χ3v) is 2.72. The van der Waals surface area contributed by atoms with E-state index < -0.39 is 22.1 Å². The number of nitrogens with zero attached hydrogens (tertiary/aromatic N) is 2. The van der Waals surface area contributed by atoms with Crippen LogP contribution in [0.5, 0.6) is 0 Å². The molecule has 2 rings (SSSR count). The summed E-state index contributed by atoms with van der Waals surface area (Å²) in [4.78, 5) is 32.6. The molecule has 0 spiro atoms. The van der Waals surface area contributed by atoms with E-state index in [9.17, 15) is 19.7 Å². The van der Waals surface area contributed by atoms with Crippen LogP contribution in [0.1, 0.15) is 15.9 Å². The maximum absolute atomic E-state index is 11.8. The largest absolute Gasteiger partial charge is 0.478 e. The maximum Gasteiger partial charge on any atom is 0.335 e. The van der Waals surface area contributed by atoms with E-state index in [0.717, 1.165) is 6.07 Å². The van der Waals surface area contributed by atoms with E-state index in [-0.39, 0.29) is 12.1 Å². The average molecular weight is 274 g/mol. The minimum atomic E-state index is -1.07. The summed E-state index contributed by atoms with van der Waals surface area (Å²) in [5.74, 6) is -1.07. The number of aromatic nitrogens is 1. The van der Waals surface area contributed by atoms with E-state index in [2.05, 4.69) is 0 Å². The van der Waals surface area contributed by atoms with Crippen molar-refractivity contribution in [2.75, 3.05) is 0 Å². The van der Waals surface area contributed by atoms with Gasteiger partial charge in [-0.3, -0.25) is 14.9 Å². The number of aromatic carboxylic acids is 1. The number of nitro groups is 1. The lowest BCUT2D eigenvalue weighted by atomic mass is 10.1. The Kier molecular flexibility index (Phi) is 3.60. The molecule has 1 aromatic carbocycles. The monoisotopic (exact) mass is 274 g/mol. The van der Waals surface area contributed by atoms with Gasteiger partial charge in [-0.05, 0) is 23.8 Å². The lowest BCUT2D eigenvalue weighted by Gasteiger charge is -2.06. The molecule has 0 saturated heterocycles. The summed E-state index contributed by atoms with van der Waals surface area (Å²) in [6, 6.07) is 8.60. The van der Waals surface area contributed by atoms with Crippen LogP contribution in [0, 0.1) is 10.1 Å². The van der Waals surface area contributed by atoms with Crippen LogP contribution in [0.15, 0.2) is 47.4 Å². The van der Waals surface area contributed by atoms with E-state index in [1.165, 1.54) is 29.0 Å². The number of hydrogen-bond donors (Lipinski definition) is 1. The molecule has 7 nitrogen and oxygen atoms in total. The smallest absolute Gasteiger partial charge is 0.335 e. The Morgan fingerprint density at radius 2 is 2.05 bits per heavy atom. The number of benzene rings is 1. The highest BCUT2D eigenvalue weighted by atomic mass is 16.6. The Balaban J connectivity index is 2.38. The lowest BCUT2D eigenvalue weighted by molar-refractivity contribution is -0.386. The topological polar surface area (TPSA) is 102 Å². The first-order valence-corrected chi connectivity index (χ1v) is 5.65. The van der Waals surface area contributed by atoms with Gasteiger partial charge in [-0.15, -0.1) is 0 Å². The van der Waals surface area contributed by atoms with Crippen LogP contribution >= 0.6 is 0 Å². The SMILES string of the molecule is O=C(O)c1cccc(Cn2cccc([N+](=O)[O-])c2=O)c1. The van der Waals surface area contributed by atoms with Gasteiger partial charge in [0.1, 0.15) is 0 Å². The molecule has 0 radical (unpaired) electrons. The Labute approximate surface area is 112 Å². The van der Waals surface area contributed by atoms with Crippen LogP contribution in [0.3, 0.4) is 0 Å². The van der Waals surface area contributed by atoms with Gasteiger partial charge in [0, 0.05) is 12.3 Å². The predicted molar refractivity (Wildman–Crippen MR) is 69.9 cm³/mol. The number of pyridine rings is 1. The Bertz CT molecular complexity index is 736. The molecule has 0 aliphatic rings. The van der Waals surface area contributed by atoms with E-state index in [1.54, 1.807) is 12.1 Å². The van der Waals surface area contributed by atoms with Gasteiger partial charge in [0.05, 0.1) is 17.0 Å². The molecule has 102 valence electrons. The van der Waals surface area contributed by atoms with E-state index in [4.69, 9.17) is 5.11 Å². The van der Waals surface area contributed by atoms with Crippen LogP contribution in [0.2, 0.25) is 0 Å². The fourth-order valence-corrected chi connectivity index (χ4v) is 1.79. The van der Waals surface area contributed by atoms with Crippen molar-refractivity contribution in [3.05, 3.63) is 74.2 Å². The minimum absolute atomic E-state index is 0.0711. The van der Waals surface area contributed by atoms with Crippen LogP contribution in [-0.2, 0) is 6.54 Å². The van der Waals surface area contributed by atoms with Crippen molar-refractivity contribution in [1.82, 2.24) is 4.57 Å². The van der Waals surface area contributed by atoms with Gasteiger partial charge >= 0.3 is 17.2 Å². The van der Waals surface area contributed by atoms with Crippen LogP contribution in [-0.4, -0.2) is 20.6 Å². The van der Waals surface area contributed by atoms with E-state index in [0.29, 0.717) is 5.56 Å². The molecule has 0 aliphatic heterocycles. The molecule has 0 saturated carbocycles. The quantitative estimate of drug-likeness (QED) is 0.672. The zero-order valence-corrected chi connectivity index (χ0v) is 10.2. The van der Waals surface area contributed by atoms with Crippen LogP contribution in [0.25, 0.3) is 0 Å². The molecule has 0 fully saturated rings. The lowest BCUT2D eigenvalue weighted by Crippen LogP contribution is -2.22. The summed E-state index contributed by atoms with van der Waals surface area (Å²) in [5, 5.41) is 19.6. The predicted octanol–water partition coefficient (Wildman–Crippen LogP) is 1.50. The molecule has 0 unspecified atom stereocenters. The highest BCUT2D eigenvalue weighted by Crippen LogP contribution is 2.08. The molecule has 0 atom stereocenters. The van der Waals surface area contributed by atoms with Gasteiger partial charge < -0.3 is 9.67 Å². The summed E-state index contributed by atoms with van der Waals surface area (Å²) in [6.45, 7) is 0.0711. The number of carboxylic acid groups (broad SMARTS) is 1. The molecule has 2 aromatic rings. The van der Waals surface area contributed by atoms with Gasteiger partial charge in [0.25, 0.3) is 0 Å². The second-order valence-electron chi connectivity index (χ2n) is 4.09. The molecule has 1 N–H and O–H groups in total. The van der Waals surface area contributed by atoms with Crippen molar-refractivity contribution in [3.8, 4) is 0 Å². The van der Waals surface area contributed by atoms with Crippen molar-refractivity contribution in [3.63, 3.8) is 0 Å². The molecule has 0 amide bonds. The summed E-state index contributed by atoms with van der Waals surface area (Å²) in [6.07, 6.45) is 1.42. The second kappa shape index (κ2) is 5.35. The standard InChI is InChI=1S/C13H10N2O5/c16-12-11(15(19)20)5-2-6-14(12)8-9-3-1-4-10(7-9)13(17)18/h1-7H,8H2,(H,17,18). The first-order chi connectivity index (χ1) is 9.49. The zero-order chi connectivity index (χ0) is 14.7. The van der Waals surface area contributed by atoms with Crippen molar-refractivity contribution in [2.24, 2.45) is 0 Å². The molecule has 20 heavy (non-hydrogen) atoms. The highest BCUT2D eigenvalue weighted by Gasteiger charge is 2.13. The van der Waals surface area contributed by atoms with Crippen molar-refractivity contribution in [1.29, 1.82) is 0 Å². The summed E-state index contributed by atoms with van der Waals surface area (Å²) in [5.41, 5.74) is -0.561. The van der Waals surface area contributed by atoms with Gasteiger partial charge in [0.2, 0.25) is 0 Å². The molecular weight excluding hydrogens is 264 g/mol. The van der Waals surface area contributed by atoms with Gasteiger partial charge in [-0.2, -0.15) is 0 Å². The number of carboxylic acids is 1. The third-order valence-electron chi connectivity index (χ3n) is 2.72. The van der Waals surface area contributed by atoms with Crippen LogP contribution in [0.4, 0.5) is 5.69 Å². The molecule has 1 heterocycles. The molecule has 1 aromatic heterocycles. The third kappa shape index (κ3) is 2.72. The highest BCUT2D eigenvalue weighted by molar-refractivity contribution is 5.87. The normalized spacial score (nSPS) is 10.2. The first-order valence-electron chi connectivity index (χ1n) is 5.65. The molecular formula is C13H10N2O5. The van der Waals surface area contributed by atoms with E-state index in [1.807, 2.05) is 0 Å². The zero-order valence-electron chi connectivity index (χ0n) is 10.2. The van der Waals surface area contributed by atoms with Crippen molar-refractivity contribution < 1.29 is 14.8 Å². The maximum atomic E-state index is 11.8. The second-order valence-corrected chi connectivity index (χ2v) is 4.09. The fraction of sp³-hybridized carbons (Fsp3) is 0.0769. The Morgan fingerprint density at radius 1 is 1.30 bits per heavy atom. The van der Waals surface area contributed by atoms with Crippen LogP contribution < -0.4 is 5.56 Å². The minimum Gasteiger partial charge on any atom is -0.478 e.